The lowest BCUT2D eigenvalue weighted by Gasteiger charge is -2.28. The molecule has 2 unspecified atom stereocenters. The monoisotopic (exact) mass is 846 g/mol. The maximum atomic E-state index is 6.90. The Kier molecular flexibility index (Phi) is 8.69. The van der Waals surface area contributed by atoms with E-state index in [-0.39, 0.29) is 17.4 Å². The van der Waals surface area contributed by atoms with Gasteiger partial charge in [0.2, 0.25) is 0 Å². The summed E-state index contributed by atoms with van der Waals surface area (Å²) in [6.45, 7) is 4.71. The quantitative estimate of drug-likeness (QED) is 0.159. The van der Waals surface area contributed by atoms with Crippen LogP contribution in [0, 0.1) is 0 Å². The standard InChI is InChI=1S/C63H46N2O/c1-63(2)54-27-14-12-23-50(54)51-38-37-48(39-55(51)63)64(45-21-10-5-11-22-45)46-33-35-47(36-34-46)65-56-40-58-61(52-24-13-15-28-57(52)66-58)59(44-19-8-4-9-20-44)60(56)53-26-16-25-49(62(53)65)43-31-29-42(30-32-43)41-17-6-3-7-18-41/h3-40,58,61H,1-2H3. The molecule has 0 N–H and O–H groups in total. The first kappa shape index (κ1) is 38.3. The van der Waals surface area contributed by atoms with E-state index in [1.165, 1.54) is 77.3 Å². The Morgan fingerprint density at radius 1 is 0.470 bits per heavy atom. The zero-order chi connectivity index (χ0) is 43.9. The summed E-state index contributed by atoms with van der Waals surface area (Å²) in [4.78, 5) is 2.40. The summed E-state index contributed by atoms with van der Waals surface area (Å²) in [6.07, 6.45) is 2.23. The van der Waals surface area contributed by atoms with Crippen LogP contribution >= 0.6 is 0 Å². The van der Waals surface area contributed by atoms with Crippen LogP contribution in [0.5, 0.6) is 5.75 Å². The summed E-state index contributed by atoms with van der Waals surface area (Å²) in [5.74, 6) is 1.01. The predicted molar refractivity (Wildman–Crippen MR) is 273 cm³/mol. The molecule has 314 valence electrons. The molecule has 0 radical (unpaired) electrons. The van der Waals surface area contributed by atoms with Gasteiger partial charge in [0.25, 0.3) is 0 Å². The van der Waals surface area contributed by atoms with E-state index in [9.17, 15) is 0 Å². The second-order valence-corrected chi connectivity index (χ2v) is 18.4. The van der Waals surface area contributed by atoms with Crippen molar-refractivity contribution in [3.05, 3.63) is 257 Å². The Labute approximate surface area is 385 Å². The molecule has 66 heavy (non-hydrogen) atoms. The molecule has 3 aliphatic rings. The Hall–Kier alpha value is -8.14. The first-order valence-corrected chi connectivity index (χ1v) is 23.1. The molecule has 2 aliphatic carbocycles. The van der Waals surface area contributed by atoms with Crippen LogP contribution in [0.25, 0.3) is 61.6 Å². The summed E-state index contributed by atoms with van der Waals surface area (Å²) < 4.78 is 9.40. The maximum absolute atomic E-state index is 6.90. The van der Waals surface area contributed by atoms with Gasteiger partial charge in [-0.05, 0) is 111 Å². The third-order valence-corrected chi connectivity index (χ3v) is 14.4. The van der Waals surface area contributed by atoms with Crippen LogP contribution in [0.1, 0.15) is 42.0 Å². The summed E-state index contributed by atoms with van der Waals surface area (Å²) in [5.41, 5.74) is 19.4. The third-order valence-electron chi connectivity index (χ3n) is 14.4. The maximum Gasteiger partial charge on any atom is 0.130 e. The van der Waals surface area contributed by atoms with Gasteiger partial charge in [-0.25, -0.2) is 0 Å². The molecular formula is C63H46N2O. The highest BCUT2D eigenvalue weighted by atomic mass is 16.5. The van der Waals surface area contributed by atoms with Crippen LogP contribution < -0.4 is 20.2 Å². The average Bonchev–Trinajstić information content (AvgIpc) is 3.99. The first-order valence-electron chi connectivity index (χ1n) is 23.1. The van der Waals surface area contributed by atoms with Crippen molar-refractivity contribution in [3.63, 3.8) is 0 Å². The number of nitrogens with zero attached hydrogens (tertiary/aromatic N) is 2. The normalized spacial score (nSPS) is 16.1. The van der Waals surface area contributed by atoms with Gasteiger partial charge < -0.3 is 14.2 Å². The number of aromatic nitrogens is 1. The molecule has 13 rings (SSSR count). The van der Waals surface area contributed by atoms with E-state index in [0.717, 1.165) is 33.8 Å². The molecule has 3 nitrogen and oxygen atoms in total. The van der Waals surface area contributed by atoms with E-state index in [1.807, 2.05) is 0 Å². The third kappa shape index (κ3) is 5.90. The van der Waals surface area contributed by atoms with Crippen molar-refractivity contribution in [2.75, 3.05) is 4.90 Å². The number of hydrogen-bond acceptors (Lipinski definition) is 2. The molecular weight excluding hydrogens is 801 g/mol. The highest BCUT2D eigenvalue weighted by Gasteiger charge is 2.40. The number of hydrogen-bond donors (Lipinski definition) is 0. The highest BCUT2D eigenvalue weighted by Crippen LogP contribution is 2.51. The number of fused-ring (bicyclic) bond motifs is 9. The Morgan fingerprint density at radius 3 is 1.83 bits per heavy atom. The molecule has 0 fully saturated rings. The minimum atomic E-state index is -0.162. The molecule has 2 heterocycles. The summed E-state index contributed by atoms with van der Waals surface area (Å²) in [5, 5.41) is 3.64. The zero-order valence-electron chi connectivity index (χ0n) is 36.9. The fourth-order valence-electron chi connectivity index (χ4n) is 11.3. The van der Waals surface area contributed by atoms with Gasteiger partial charge in [-0.15, -0.1) is 0 Å². The van der Waals surface area contributed by atoms with Gasteiger partial charge in [0.1, 0.15) is 11.9 Å². The lowest BCUT2D eigenvalue weighted by atomic mass is 9.80. The first-order chi connectivity index (χ1) is 32.5. The minimum absolute atomic E-state index is 0.0517. The number of anilines is 3. The smallest absolute Gasteiger partial charge is 0.130 e. The van der Waals surface area contributed by atoms with Crippen molar-refractivity contribution in [2.45, 2.75) is 31.3 Å². The molecule has 1 aliphatic heterocycles. The van der Waals surface area contributed by atoms with E-state index in [0.29, 0.717) is 0 Å². The molecule has 9 aromatic carbocycles. The SMILES string of the molecule is CC1(C)c2ccccc2-c2ccc(N(c3ccccc3)c3ccc(-n4c5c(c6cccc(-c7ccc(-c8ccccc8)cc7)c64)=C(c4ccccc4)C4c6ccccc6OC4C=5)cc3)cc21. The Balaban J connectivity index is 1.03. The molecule has 3 heteroatoms. The molecule has 0 amide bonds. The van der Waals surface area contributed by atoms with Crippen molar-refractivity contribution >= 4 is 39.6 Å². The second-order valence-electron chi connectivity index (χ2n) is 18.4. The lowest BCUT2D eigenvalue weighted by molar-refractivity contribution is 0.286. The molecule has 1 aromatic heterocycles. The van der Waals surface area contributed by atoms with Gasteiger partial charge in [-0.2, -0.15) is 0 Å². The van der Waals surface area contributed by atoms with E-state index in [2.05, 4.69) is 254 Å². The molecule has 0 bridgehead atoms. The van der Waals surface area contributed by atoms with Crippen LogP contribution in [0.15, 0.2) is 224 Å². The van der Waals surface area contributed by atoms with Crippen molar-refractivity contribution in [2.24, 2.45) is 0 Å². The largest absolute Gasteiger partial charge is 0.485 e. The molecule has 2 atom stereocenters. The second kappa shape index (κ2) is 15.0. The van der Waals surface area contributed by atoms with E-state index in [4.69, 9.17) is 4.74 Å². The fraction of sp³-hybridized carbons (Fsp3) is 0.0794. The summed E-state index contributed by atoms with van der Waals surface area (Å²) in [7, 11) is 0. The summed E-state index contributed by atoms with van der Waals surface area (Å²) >= 11 is 0. The van der Waals surface area contributed by atoms with Crippen LogP contribution in [0.4, 0.5) is 17.1 Å². The van der Waals surface area contributed by atoms with Gasteiger partial charge in [0.05, 0.1) is 16.8 Å². The number of rotatable bonds is 7. The van der Waals surface area contributed by atoms with Crippen LogP contribution in [-0.4, -0.2) is 10.7 Å². The molecule has 0 saturated carbocycles. The highest BCUT2D eigenvalue weighted by molar-refractivity contribution is 6.00. The van der Waals surface area contributed by atoms with Crippen molar-refractivity contribution in [1.29, 1.82) is 0 Å². The van der Waals surface area contributed by atoms with E-state index < -0.39 is 0 Å². The number of para-hydroxylation sites is 3. The predicted octanol–water partition coefficient (Wildman–Crippen LogP) is 14.3. The Bertz CT molecular complexity index is 3630. The van der Waals surface area contributed by atoms with Gasteiger partial charge in [-0.1, -0.05) is 184 Å². The molecule has 10 aromatic rings. The van der Waals surface area contributed by atoms with Crippen LogP contribution in [-0.2, 0) is 5.41 Å². The van der Waals surface area contributed by atoms with Crippen LogP contribution in [0.2, 0.25) is 0 Å². The van der Waals surface area contributed by atoms with Crippen molar-refractivity contribution in [1.82, 2.24) is 4.57 Å². The van der Waals surface area contributed by atoms with Crippen LogP contribution in [0.3, 0.4) is 0 Å². The average molecular weight is 847 g/mol. The van der Waals surface area contributed by atoms with Gasteiger partial charge >= 0.3 is 0 Å². The van der Waals surface area contributed by atoms with E-state index in [1.54, 1.807) is 0 Å². The number of ether oxygens (including phenoxy) is 1. The minimum Gasteiger partial charge on any atom is -0.485 e. The number of benzene rings is 9. The van der Waals surface area contributed by atoms with Crippen molar-refractivity contribution < 1.29 is 4.74 Å². The molecule has 0 spiro atoms. The van der Waals surface area contributed by atoms with Gasteiger partial charge in [-0.3, -0.25) is 0 Å². The molecule has 0 saturated heterocycles. The lowest BCUT2D eigenvalue weighted by Crippen LogP contribution is -2.40. The van der Waals surface area contributed by atoms with E-state index >= 15 is 0 Å². The fourth-order valence-corrected chi connectivity index (χ4v) is 11.3. The summed E-state index contributed by atoms with van der Waals surface area (Å²) in [6, 6.07) is 82.0. The van der Waals surface area contributed by atoms with Crippen molar-refractivity contribution in [3.8, 4) is 44.8 Å². The Morgan fingerprint density at radius 2 is 1.06 bits per heavy atom. The van der Waals surface area contributed by atoms with Gasteiger partial charge in [0.15, 0.2) is 0 Å². The van der Waals surface area contributed by atoms with Gasteiger partial charge in [0, 0.05) is 49.9 Å². The topological polar surface area (TPSA) is 17.4 Å². The zero-order valence-corrected chi connectivity index (χ0v) is 36.9.